The Kier molecular flexibility index (Phi) is 5.26. The van der Waals surface area contributed by atoms with E-state index in [0.29, 0.717) is 5.92 Å². The third kappa shape index (κ3) is 3.77. The van der Waals surface area contributed by atoms with Crippen molar-refractivity contribution >= 4 is 21.9 Å². The van der Waals surface area contributed by atoms with E-state index in [-0.39, 0.29) is 5.41 Å². The minimum absolute atomic E-state index is 0.249. The maximum Gasteiger partial charge on any atom is 0.193 e. The van der Waals surface area contributed by atoms with Crippen LogP contribution in [0.25, 0.3) is 0 Å². The van der Waals surface area contributed by atoms with Crippen molar-refractivity contribution in [1.82, 2.24) is 20.0 Å². The molecule has 27 heavy (non-hydrogen) atoms. The number of benzene rings is 1. The summed E-state index contributed by atoms with van der Waals surface area (Å²) in [5.41, 5.74) is 3.02. The summed E-state index contributed by atoms with van der Waals surface area (Å²) in [6, 6.07) is 8.84. The van der Waals surface area contributed by atoms with Crippen molar-refractivity contribution < 1.29 is 0 Å². The Morgan fingerprint density at radius 1 is 1.33 bits per heavy atom. The molecule has 1 saturated carbocycles. The minimum Gasteiger partial charge on any atom is -0.355 e. The molecule has 1 atom stereocenters. The van der Waals surface area contributed by atoms with E-state index in [2.05, 4.69) is 66.7 Å². The second-order valence-electron chi connectivity index (χ2n) is 7.92. The van der Waals surface area contributed by atoms with E-state index in [4.69, 9.17) is 0 Å². The Labute approximate surface area is 170 Å². The Morgan fingerprint density at radius 2 is 2.11 bits per heavy atom. The van der Waals surface area contributed by atoms with Crippen molar-refractivity contribution in [3.63, 3.8) is 0 Å². The van der Waals surface area contributed by atoms with Crippen molar-refractivity contribution in [2.75, 3.05) is 26.7 Å². The molecule has 0 bridgehead atoms. The third-order valence-corrected chi connectivity index (χ3v) is 6.78. The topological polar surface area (TPSA) is 45.5 Å². The van der Waals surface area contributed by atoms with Crippen molar-refractivity contribution in [3.8, 4) is 0 Å². The molecule has 0 amide bonds. The predicted octanol–water partition coefficient (Wildman–Crippen LogP) is 3.67. The number of nitrogens with one attached hydrogen (secondary N) is 1. The Morgan fingerprint density at radius 3 is 2.70 bits per heavy atom. The molecule has 1 aliphatic heterocycles. The summed E-state index contributed by atoms with van der Waals surface area (Å²) in [6.07, 6.45) is 9.10. The third-order valence-electron chi connectivity index (χ3n) is 6.25. The zero-order valence-electron chi connectivity index (χ0n) is 16.2. The first kappa shape index (κ1) is 18.5. The van der Waals surface area contributed by atoms with Crippen LogP contribution in [-0.4, -0.2) is 47.3 Å². The molecule has 1 N–H and O–H groups in total. The lowest BCUT2D eigenvalue weighted by Crippen LogP contribution is -2.49. The number of nitrogens with zero attached hydrogens (tertiary/aromatic N) is 4. The highest BCUT2D eigenvalue weighted by molar-refractivity contribution is 9.10. The summed E-state index contributed by atoms with van der Waals surface area (Å²) < 4.78 is 3.03. The molecule has 144 valence electrons. The van der Waals surface area contributed by atoms with Gasteiger partial charge in [-0.3, -0.25) is 9.67 Å². The van der Waals surface area contributed by atoms with Crippen LogP contribution in [0.3, 0.4) is 0 Å². The zero-order valence-corrected chi connectivity index (χ0v) is 17.7. The zero-order chi connectivity index (χ0) is 18.9. The van der Waals surface area contributed by atoms with Gasteiger partial charge in [-0.1, -0.05) is 34.5 Å². The van der Waals surface area contributed by atoms with Gasteiger partial charge in [-0.15, -0.1) is 0 Å². The number of hydrogen-bond acceptors (Lipinski definition) is 2. The first-order valence-corrected chi connectivity index (χ1v) is 10.6. The van der Waals surface area contributed by atoms with Gasteiger partial charge in [0.05, 0.1) is 6.20 Å². The van der Waals surface area contributed by atoms with Gasteiger partial charge in [-0.25, -0.2) is 0 Å². The van der Waals surface area contributed by atoms with Gasteiger partial charge in [0.1, 0.15) is 0 Å². The molecule has 0 radical (unpaired) electrons. The van der Waals surface area contributed by atoms with E-state index in [0.717, 1.165) is 36.5 Å². The van der Waals surface area contributed by atoms with Crippen LogP contribution in [0.2, 0.25) is 0 Å². The van der Waals surface area contributed by atoms with E-state index in [9.17, 15) is 0 Å². The average Bonchev–Trinajstić information content (AvgIpc) is 3.28. The lowest BCUT2D eigenvalue weighted by molar-refractivity contribution is 0.241. The number of guanidine groups is 1. The lowest BCUT2D eigenvalue weighted by atomic mass is 9.64. The fourth-order valence-electron chi connectivity index (χ4n) is 4.43. The fourth-order valence-corrected chi connectivity index (χ4v) is 4.70. The van der Waals surface area contributed by atoms with Crippen molar-refractivity contribution in [2.24, 2.45) is 12.0 Å². The van der Waals surface area contributed by atoms with Crippen LogP contribution in [0.4, 0.5) is 0 Å². The van der Waals surface area contributed by atoms with E-state index < -0.39 is 0 Å². The Hall–Kier alpha value is -1.82. The highest BCUT2D eigenvalue weighted by Gasteiger charge is 2.39. The van der Waals surface area contributed by atoms with Crippen molar-refractivity contribution in [3.05, 3.63) is 52.3 Å². The summed E-state index contributed by atoms with van der Waals surface area (Å²) in [6.45, 7) is 3.01. The van der Waals surface area contributed by atoms with Gasteiger partial charge in [0.25, 0.3) is 0 Å². The van der Waals surface area contributed by atoms with Crippen molar-refractivity contribution in [2.45, 2.75) is 37.0 Å². The van der Waals surface area contributed by atoms with Crippen LogP contribution < -0.4 is 5.32 Å². The Balaban J connectivity index is 1.40. The number of halogens is 1. The predicted molar refractivity (Wildman–Crippen MR) is 113 cm³/mol. The van der Waals surface area contributed by atoms with Crippen LogP contribution in [0.1, 0.15) is 42.7 Å². The highest BCUT2D eigenvalue weighted by atomic mass is 79.9. The maximum absolute atomic E-state index is 4.58. The van der Waals surface area contributed by atoms with Crippen LogP contribution >= 0.6 is 15.9 Å². The summed E-state index contributed by atoms with van der Waals surface area (Å²) in [5.74, 6) is 1.58. The van der Waals surface area contributed by atoms with Gasteiger partial charge >= 0.3 is 0 Å². The quantitative estimate of drug-likeness (QED) is 0.595. The second-order valence-corrected chi connectivity index (χ2v) is 8.84. The van der Waals surface area contributed by atoms with Gasteiger partial charge in [0.2, 0.25) is 0 Å². The van der Waals surface area contributed by atoms with E-state index >= 15 is 0 Å². The standard InChI is InChI=1S/C21H28BrN5/c1-23-20(27-11-8-16(14-27)17-12-25-26(2)13-17)24-15-21(9-3-10-21)18-4-6-19(22)7-5-18/h4-7,12-13,16H,3,8-11,14-15H2,1-2H3,(H,23,24). The largest absolute Gasteiger partial charge is 0.355 e. The summed E-state index contributed by atoms with van der Waals surface area (Å²) >= 11 is 3.55. The number of aliphatic imine (C=N–C) groups is 1. The molecular formula is C21H28BrN5. The number of aromatic nitrogens is 2. The molecule has 6 heteroatoms. The maximum atomic E-state index is 4.58. The normalized spacial score (nSPS) is 22.0. The molecule has 2 fully saturated rings. The molecule has 4 rings (SSSR count). The first-order chi connectivity index (χ1) is 13.1. The summed E-state index contributed by atoms with van der Waals surface area (Å²) in [7, 11) is 3.88. The van der Waals surface area contributed by atoms with Gasteiger partial charge in [-0.05, 0) is 42.5 Å². The number of rotatable bonds is 4. The molecule has 5 nitrogen and oxygen atoms in total. The minimum atomic E-state index is 0.249. The lowest BCUT2D eigenvalue weighted by Gasteiger charge is -2.43. The van der Waals surface area contributed by atoms with Crippen molar-refractivity contribution in [1.29, 1.82) is 0 Å². The number of likely N-dealkylation sites (tertiary alicyclic amines) is 1. The molecule has 2 heterocycles. The summed E-state index contributed by atoms with van der Waals surface area (Å²) in [4.78, 5) is 6.97. The number of aryl methyl sites for hydroxylation is 1. The van der Waals surface area contributed by atoms with Crippen LogP contribution in [0.15, 0.2) is 46.1 Å². The van der Waals surface area contributed by atoms with E-state index in [1.807, 2.05) is 25.0 Å². The van der Waals surface area contributed by atoms with Gasteiger partial charge in [0, 0.05) is 55.7 Å². The first-order valence-electron chi connectivity index (χ1n) is 9.80. The van der Waals surface area contributed by atoms with Gasteiger partial charge in [0.15, 0.2) is 5.96 Å². The van der Waals surface area contributed by atoms with Crippen LogP contribution in [0, 0.1) is 0 Å². The molecule has 1 aliphatic carbocycles. The van der Waals surface area contributed by atoms with Gasteiger partial charge in [-0.2, -0.15) is 5.10 Å². The van der Waals surface area contributed by atoms with Crippen LogP contribution in [0.5, 0.6) is 0 Å². The molecular weight excluding hydrogens is 402 g/mol. The second kappa shape index (κ2) is 7.66. The number of hydrogen-bond donors (Lipinski definition) is 1. The smallest absolute Gasteiger partial charge is 0.193 e. The monoisotopic (exact) mass is 429 g/mol. The summed E-state index contributed by atoms with van der Waals surface area (Å²) in [5, 5.41) is 8.02. The van der Waals surface area contributed by atoms with Crippen LogP contribution in [-0.2, 0) is 12.5 Å². The Bertz CT molecular complexity index is 806. The molecule has 1 aromatic carbocycles. The molecule has 1 aromatic heterocycles. The molecule has 0 spiro atoms. The SMILES string of the molecule is CN=C(NCC1(c2ccc(Br)cc2)CCC1)N1CCC(c2cnn(C)c2)C1. The fraction of sp³-hybridized carbons (Fsp3) is 0.524. The van der Waals surface area contributed by atoms with E-state index in [1.54, 1.807) is 0 Å². The van der Waals surface area contributed by atoms with E-state index in [1.165, 1.54) is 30.4 Å². The van der Waals surface area contributed by atoms with Gasteiger partial charge < -0.3 is 10.2 Å². The highest BCUT2D eigenvalue weighted by Crippen LogP contribution is 2.43. The molecule has 1 unspecified atom stereocenters. The molecule has 2 aromatic rings. The molecule has 2 aliphatic rings. The average molecular weight is 430 g/mol. The molecule has 1 saturated heterocycles.